The van der Waals surface area contributed by atoms with Crippen molar-refractivity contribution >= 4 is 28.8 Å². The lowest BCUT2D eigenvalue weighted by Gasteiger charge is -2.08. The summed E-state index contributed by atoms with van der Waals surface area (Å²) in [7, 11) is 0. The van der Waals surface area contributed by atoms with Crippen LogP contribution in [0.25, 0.3) is 17.2 Å². The van der Waals surface area contributed by atoms with E-state index >= 15 is 0 Å². The van der Waals surface area contributed by atoms with Crippen molar-refractivity contribution in [1.82, 2.24) is 4.98 Å². The Morgan fingerprint density at radius 1 is 1.17 bits per heavy atom. The molecule has 4 nitrogen and oxygen atoms in total. The number of para-hydroxylation sites is 1. The van der Waals surface area contributed by atoms with Crippen molar-refractivity contribution in [3.8, 4) is 0 Å². The summed E-state index contributed by atoms with van der Waals surface area (Å²) in [5.74, 6) is 0.454. The molecule has 1 heterocycles. The van der Waals surface area contributed by atoms with E-state index in [0.29, 0.717) is 29.2 Å². The van der Waals surface area contributed by atoms with Gasteiger partial charge in [-0.15, -0.1) is 0 Å². The number of aromatic nitrogens is 1. The Balaban J connectivity index is 1.88. The quantitative estimate of drug-likeness (QED) is 0.718. The molecule has 1 aromatic heterocycles. The minimum Gasteiger partial charge on any atom is -0.439 e. The van der Waals surface area contributed by atoms with Crippen LogP contribution in [0.5, 0.6) is 0 Å². The highest BCUT2D eigenvalue weighted by Gasteiger charge is 2.13. The lowest BCUT2D eigenvalue weighted by Crippen LogP contribution is -2.14. The maximum absolute atomic E-state index is 12.6. The van der Waals surface area contributed by atoms with E-state index in [-0.39, 0.29) is 5.91 Å². The van der Waals surface area contributed by atoms with Gasteiger partial charge in [-0.25, -0.2) is 4.98 Å². The van der Waals surface area contributed by atoms with Gasteiger partial charge in [0.25, 0.3) is 5.91 Å². The molecule has 0 saturated heterocycles. The second kappa shape index (κ2) is 6.48. The van der Waals surface area contributed by atoms with Crippen LogP contribution in [0.2, 0.25) is 0 Å². The fraction of sp³-hybridized carbons (Fsp3) is 0.158. The second-order valence-electron chi connectivity index (χ2n) is 5.27. The Labute approximate surface area is 134 Å². The third-order valence-electron chi connectivity index (χ3n) is 3.58. The Bertz CT molecular complexity index is 863. The number of nitrogens with zero attached hydrogens (tertiary/aromatic N) is 1. The largest absolute Gasteiger partial charge is 0.439 e. The Morgan fingerprint density at radius 3 is 2.70 bits per heavy atom. The first-order chi connectivity index (χ1) is 11.2. The lowest BCUT2D eigenvalue weighted by atomic mass is 10.1. The van der Waals surface area contributed by atoms with Crippen molar-refractivity contribution in [3.63, 3.8) is 0 Å². The number of rotatable bonds is 4. The number of amides is 1. The summed E-state index contributed by atoms with van der Waals surface area (Å²) in [6.45, 7) is 3.76. The predicted molar refractivity (Wildman–Crippen MR) is 92.1 cm³/mol. The van der Waals surface area contributed by atoms with Crippen LogP contribution in [0.3, 0.4) is 0 Å². The van der Waals surface area contributed by atoms with E-state index in [1.807, 2.05) is 61.5 Å². The van der Waals surface area contributed by atoms with Crippen molar-refractivity contribution in [2.75, 3.05) is 5.32 Å². The van der Waals surface area contributed by atoms with Gasteiger partial charge in [0.1, 0.15) is 5.52 Å². The van der Waals surface area contributed by atoms with Crippen molar-refractivity contribution in [1.29, 1.82) is 0 Å². The van der Waals surface area contributed by atoms with Gasteiger partial charge in [0.05, 0.1) is 5.69 Å². The zero-order valence-corrected chi connectivity index (χ0v) is 13.2. The molecule has 1 amide bonds. The summed E-state index contributed by atoms with van der Waals surface area (Å²) in [5, 5.41) is 2.93. The molecule has 0 aliphatic rings. The van der Waals surface area contributed by atoms with Crippen LogP contribution in [0.1, 0.15) is 24.8 Å². The van der Waals surface area contributed by atoms with E-state index in [0.717, 1.165) is 11.1 Å². The summed E-state index contributed by atoms with van der Waals surface area (Å²) >= 11 is 0. The lowest BCUT2D eigenvalue weighted by molar-refractivity contribution is -0.112. The molecule has 0 saturated carbocycles. The summed E-state index contributed by atoms with van der Waals surface area (Å²) in [6.07, 6.45) is 2.55. The van der Waals surface area contributed by atoms with Crippen molar-refractivity contribution in [2.24, 2.45) is 0 Å². The van der Waals surface area contributed by atoms with Crippen LogP contribution >= 0.6 is 0 Å². The smallest absolute Gasteiger partial charge is 0.251 e. The number of oxazole rings is 1. The molecule has 0 spiro atoms. The highest BCUT2D eigenvalue weighted by Crippen LogP contribution is 2.25. The van der Waals surface area contributed by atoms with Crippen molar-refractivity contribution < 1.29 is 9.21 Å². The van der Waals surface area contributed by atoms with E-state index in [9.17, 15) is 4.79 Å². The third kappa shape index (κ3) is 3.31. The van der Waals surface area contributed by atoms with Crippen LogP contribution in [0.15, 0.2) is 58.5 Å². The van der Waals surface area contributed by atoms with E-state index in [2.05, 4.69) is 10.3 Å². The molecule has 0 aliphatic carbocycles. The molecule has 0 radical (unpaired) electrons. The zero-order chi connectivity index (χ0) is 16.2. The number of nitrogens with one attached hydrogen (secondary N) is 1. The minimum absolute atomic E-state index is 0.127. The number of benzene rings is 2. The highest BCUT2D eigenvalue weighted by molar-refractivity contribution is 6.09. The van der Waals surface area contributed by atoms with Gasteiger partial charge in [-0.2, -0.15) is 0 Å². The summed E-state index contributed by atoms with van der Waals surface area (Å²) in [5.41, 5.74) is 3.71. The standard InChI is InChI=1S/C19H18N2O2/c1-3-15(12-14-8-5-4-6-9-14)19(22)21-17-11-7-10-16-18(17)23-13(2)20-16/h4-12H,3H2,1-2H3,(H,21,22)/b15-12+. The molecule has 4 heteroatoms. The van der Waals surface area contributed by atoms with E-state index in [4.69, 9.17) is 4.42 Å². The molecule has 0 aliphatic heterocycles. The van der Waals surface area contributed by atoms with Crippen LogP contribution in [-0.2, 0) is 4.79 Å². The molecule has 0 atom stereocenters. The van der Waals surface area contributed by atoms with E-state index < -0.39 is 0 Å². The van der Waals surface area contributed by atoms with E-state index in [1.54, 1.807) is 6.92 Å². The average Bonchev–Trinajstić information content (AvgIpc) is 2.95. The SMILES string of the molecule is CC/C(=C\c1ccccc1)C(=O)Nc1cccc2nc(C)oc12. The third-order valence-corrected chi connectivity index (χ3v) is 3.58. The molecule has 23 heavy (non-hydrogen) atoms. The topological polar surface area (TPSA) is 55.1 Å². The molecule has 3 rings (SSSR count). The summed E-state index contributed by atoms with van der Waals surface area (Å²) in [6, 6.07) is 15.3. The summed E-state index contributed by atoms with van der Waals surface area (Å²) in [4.78, 5) is 16.8. The number of anilines is 1. The van der Waals surface area contributed by atoms with Gasteiger partial charge in [0, 0.05) is 12.5 Å². The molecule has 116 valence electrons. The Hall–Kier alpha value is -2.88. The number of hydrogen-bond acceptors (Lipinski definition) is 3. The van der Waals surface area contributed by atoms with Gasteiger partial charge in [0.15, 0.2) is 11.5 Å². The molecular weight excluding hydrogens is 288 g/mol. The first-order valence-electron chi connectivity index (χ1n) is 7.60. The second-order valence-corrected chi connectivity index (χ2v) is 5.27. The maximum atomic E-state index is 12.6. The van der Waals surface area contributed by atoms with Crippen LogP contribution < -0.4 is 5.32 Å². The molecular formula is C19H18N2O2. The maximum Gasteiger partial charge on any atom is 0.251 e. The Kier molecular flexibility index (Phi) is 4.24. The number of hydrogen-bond donors (Lipinski definition) is 1. The molecule has 2 aromatic carbocycles. The minimum atomic E-state index is -0.127. The Morgan fingerprint density at radius 2 is 1.96 bits per heavy atom. The van der Waals surface area contributed by atoms with Crippen LogP contribution in [0.4, 0.5) is 5.69 Å². The monoisotopic (exact) mass is 306 g/mol. The van der Waals surface area contributed by atoms with Crippen molar-refractivity contribution in [2.45, 2.75) is 20.3 Å². The zero-order valence-electron chi connectivity index (χ0n) is 13.2. The fourth-order valence-corrected chi connectivity index (χ4v) is 2.44. The van der Waals surface area contributed by atoms with Gasteiger partial charge in [-0.05, 0) is 30.2 Å². The van der Waals surface area contributed by atoms with Gasteiger partial charge in [0.2, 0.25) is 0 Å². The van der Waals surface area contributed by atoms with Crippen molar-refractivity contribution in [3.05, 3.63) is 65.6 Å². The highest BCUT2D eigenvalue weighted by atomic mass is 16.3. The first kappa shape index (κ1) is 15.0. The normalized spacial score (nSPS) is 11.7. The molecule has 1 N–H and O–H groups in total. The van der Waals surface area contributed by atoms with Crippen LogP contribution in [-0.4, -0.2) is 10.9 Å². The fourth-order valence-electron chi connectivity index (χ4n) is 2.44. The summed E-state index contributed by atoms with van der Waals surface area (Å²) < 4.78 is 5.59. The van der Waals surface area contributed by atoms with E-state index in [1.165, 1.54) is 0 Å². The predicted octanol–water partition coefficient (Wildman–Crippen LogP) is 4.57. The van der Waals surface area contributed by atoms with Crippen LogP contribution in [0, 0.1) is 6.92 Å². The molecule has 3 aromatic rings. The van der Waals surface area contributed by atoms with Gasteiger partial charge in [-0.3, -0.25) is 4.79 Å². The number of aryl methyl sites for hydroxylation is 1. The molecule has 0 bridgehead atoms. The molecule has 0 unspecified atom stereocenters. The number of carbonyl (C=O) groups is 1. The number of fused-ring (bicyclic) bond motifs is 1. The molecule has 0 fully saturated rings. The first-order valence-corrected chi connectivity index (χ1v) is 7.60. The number of carbonyl (C=O) groups excluding carboxylic acids is 1. The average molecular weight is 306 g/mol. The van der Waals surface area contributed by atoms with Gasteiger partial charge >= 0.3 is 0 Å². The van der Waals surface area contributed by atoms with Gasteiger partial charge < -0.3 is 9.73 Å². The van der Waals surface area contributed by atoms with Gasteiger partial charge in [-0.1, -0.05) is 43.3 Å².